The second-order valence-corrected chi connectivity index (χ2v) is 9.00. The number of sulfonamides is 1. The van der Waals surface area contributed by atoms with Crippen LogP contribution in [0.15, 0.2) is 35.2 Å². The summed E-state index contributed by atoms with van der Waals surface area (Å²) in [4.78, 5) is 30.0. The van der Waals surface area contributed by atoms with Crippen molar-refractivity contribution in [1.82, 2.24) is 19.0 Å². The molecule has 0 spiro atoms. The normalized spacial score (nSPS) is 19.2. The van der Waals surface area contributed by atoms with Crippen LogP contribution in [0.5, 0.6) is 0 Å². The average molecular weight is 425 g/mol. The predicted octanol–water partition coefficient (Wildman–Crippen LogP) is 0.294. The Hall–Kier alpha value is -2.17. The standard InChI is InChI=1S/C19H28N4O5S/c1-2-28-19(25)22-10-8-20(9-11-22)16-18(24)21-12-14-23(15-13-21)29(26,27)17-6-4-3-5-7-17/h3-7H,2,8-16H2,1H3. The highest BCUT2D eigenvalue weighted by molar-refractivity contribution is 7.89. The summed E-state index contributed by atoms with van der Waals surface area (Å²) in [6, 6.07) is 8.36. The molecule has 2 aliphatic rings. The van der Waals surface area contributed by atoms with E-state index in [4.69, 9.17) is 4.74 Å². The highest BCUT2D eigenvalue weighted by Gasteiger charge is 2.31. The minimum atomic E-state index is -3.52. The van der Waals surface area contributed by atoms with Crippen LogP contribution in [0.4, 0.5) is 4.79 Å². The molecule has 0 radical (unpaired) electrons. The summed E-state index contributed by atoms with van der Waals surface area (Å²) in [6.07, 6.45) is -0.311. The molecule has 9 nitrogen and oxygen atoms in total. The van der Waals surface area contributed by atoms with Crippen molar-refractivity contribution in [2.24, 2.45) is 0 Å². The van der Waals surface area contributed by atoms with Gasteiger partial charge in [-0.25, -0.2) is 13.2 Å². The topological polar surface area (TPSA) is 90.5 Å². The van der Waals surface area contributed by atoms with E-state index in [9.17, 15) is 18.0 Å². The highest BCUT2D eigenvalue weighted by atomic mass is 32.2. The lowest BCUT2D eigenvalue weighted by Gasteiger charge is -2.37. The average Bonchev–Trinajstić information content (AvgIpc) is 2.75. The zero-order valence-corrected chi connectivity index (χ0v) is 17.5. The molecule has 0 aromatic heterocycles. The molecule has 2 heterocycles. The van der Waals surface area contributed by atoms with Crippen molar-refractivity contribution in [2.75, 3.05) is 65.5 Å². The van der Waals surface area contributed by atoms with E-state index in [-0.39, 0.29) is 23.4 Å². The fourth-order valence-corrected chi connectivity index (χ4v) is 4.96. The van der Waals surface area contributed by atoms with Gasteiger partial charge in [0.25, 0.3) is 0 Å². The number of amides is 2. The zero-order valence-electron chi connectivity index (χ0n) is 16.7. The van der Waals surface area contributed by atoms with E-state index in [1.807, 2.05) is 4.90 Å². The van der Waals surface area contributed by atoms with Gasteiger partial charge in [-0.15, -0.1) is 0 Å². The molecule has 0 saturated carbocycles. The van der Waals surface area contributed by atoms with E-state index in [1.165, 1.54) is 4.31 Å². The molecular weight excluding hydrogens is 396 g/mol. The van der Waals surface area contributed by atoms with Crippen molar-refractivity contribution in [2.45, 2.75) is 11.8 Å². The third-order valence-corrected chi connectivity index (χ3v) is 7.14. The Bertz CT molecular complexity index is 801. The van der Waals surface area contributed by atoms with Crippen LogP contribution in [0.2, 0.25) is 0 Å². The molecule has 2 aliphatic heterocycles. The van der Waals surface area contributed by atoms with E-state index >= 15 is 0 Å². The maximum atomic E-state index is 12.7. The quantitative estimate of drug-likeness (QED) is 0.675. The van der Waals surface area contributed by atoms with Gasteiger partial charge in [-0.1, -0.05) is 18.2 Å². The Morgan fingerprint density at radius 3 is 2.07 bits per heavy atom. The molecule has 0 aliphatic carbocycles. The van der Waals surface area contributed by atoms with Gasteiger partial charge in [0.05, 0.1) is 18.0 Å². The number of carbonyl (C=O) groups excluding carboxylic acids is 2. The summed E-state index contributed by atoms with van der Waals surface area (Å²) in [6.45, 7) is 6.06. The Balaban J connectivity index is 1.46. The monoisotopic (exact) mass is 424 g/mol. The van der Waals surface area contributed by atoms with Crippen LogP contribution in [0.3, 0.4) is 0 Å². The summed E-state index contributed by atoms with van der Waals surface area (Å²) in [7, 11) is -3.52. The van der Waals surface area contributed by atoms with E-state index in [1.54, 1.807) is 47.1 Å². The zero-order chi connectivity index (χ0) is 20.9. The number of benzene rings is 1. The van der Waals surface area contributed by atoms with Crippen LogP contribution in [0.25, 0.3) is 0 Å². The van der Waals surface area contributed by atoms with Crippen molar-refractivity contribution in [3.8, 4) is 0 Å². The minimum Gasteiger partial charge on any atom is -0.450 e. The first-order valence-electron chi connectivity index (χ1n) is 9.89. The largest absolute Gasteiger partial charge is 0.450 e. The van der Waals surface area contributed by atoms with E-state index in [2.05, 4.69) is 0 Å². The third kappa shape index (κ3) is 5.26. The van der Waals surface area contributed by atoms with Crippen molar-refractivity contribution in [3.05, 3.63) is 30.3 Å². The first kappa shape index (κ1) is 21.5. The van der Waals surface area contributed by atoms with Gasteiger partial charge in [-0.05, 0) is 19.1 Å². The van der Waals surface area contributed by atoms with Crippen LogP contribution in [-0.4, -0.2) is 105 Å². The second kappa shape index (κ2) is 9.55. The molecule has 2 fully saturated rings. The van der Waals surface area contributed by atoms with Gasteiger partial charge in [-0.3, -0.25) is 9.69 Å². The molecule has 0 N–H and O–H groups in total. The fraction of sp³-hybridized carbons (Fsp3) is 0.579. The predicted molar refractivity (Wildman–Crippen MR) is 107 cm³/mol. The van der Waals surface area contributed by atoms with Crippen molar-refractivity contribution in [1.29, 1.82) is 0 Å². The lowest BCUT2D eigenvalue weighted by Crippen LogP contribution is -2.55. The molecule has 0 atom stereocenters. The SMILES string of the molecule is CCOC(=O)N1CCN(CC(=O)N2CCN(S(=O)(=O)c3ccccc3)CC2)CC1. The molecule has 2 saturated heterocycles. The number of ether oxygens (including phenoxy) is 1. The van der Waals surface area contributed by atoms with Crippen molar-refractivity contribution < 1.29 is 22.7 Å². The molecule has 160 valence electrons. The van der Waals surface area contributed by atoms with Gasteiger partial charge in [0.1, 0.15) is 0 Å². The van der Waals surface area contributed by atoms with Gasteiger partial charge in [0.15, 0.2) is 0 Å². The van der Waals surface area contributed by atoms with Gasteiger partial charge >= 0.3 is 6.09 Å². The first-order valence-corrected chi connectivity index (χ1v) is 11.3. The van der Waals surface area contributed by atoms with Crippen LogP contribution < -0.4 is 0 Å². The molecule has 1 aromatic carbocycles. The molecule has 29 heavy (non-hydrogen) atoms. The fourth-order valence-electron chi connectivity index (χ4n) is 3.51. The Morgan fingerprint density at radius 1 is 0.897 bits per heavy atom. The molecule has 2 amide bonds. The summed E-state index contributed by atoms with van der Waals surface area (Å²) in [5, 5.41) is 0. The summed E-state index contributed by atoms with van der Waals surface area (Å²) in [5.41, 5.74) is 0. The Morgan fingerprint density at radius 2 is 1.48 bits per heavy atom. The summed E-state index contributed by atoms with van der Waals surface area (Å²) in [5.74, 6) is -0.00802. The number of hydrogen-bond acceptors (Lipinski definition) is 6. The molecule has 3 rings (SSSR count). The van der Waals surface area contributed by atoms with Crippen molar-refractivity contribution in [3.63, 3.8) is 0 Å². The highest BCUT2D eigenvalue weighted by Crippen LogP contribution is 2.17. The number of nitrogens with zero attached hydrogens (tertiary/aromatic N) is 4. The molecule has 10 heteroatoms. The number of piperazine rings is 2. The first-order chi connectivity index (χ1) is 13.9. The number of carbonyl (C=O) groups is 2. The van der Waals surface area contributed by atoms with Crippen LogP contribution in [0, 0.1) is 0 Å². The van der Waals surface area contributed by atoms with Crippen LogP contribution in [0.1, 0.15) is 6.92 Å². The maximum absolute atomic E-state index is 12.7. The maximum Gasteiger partial charge on any atom is 0.409 e. The smallest absolute Gasteiger partial charge is 0.409 e. The van der Waals surface area contributed by atoms with Crippen LogP contribution in [-0.2, 0) is 19.6 Å². The summed E-state index contributed by atoms with van der Waals surface area (Å²) < 4.78 is 31.8. The van der Waals surface area contributed by atoms with E-state index < -0.39 is 10.0 Å². The van der Waals surface area contributed by atoms with Gasteiger partial charge in [-0.2, -0.15) is 4.31 Å². The molecular formula is C19H28N4O5S. The third-order valence-electron chi connectivity index (χ3n) is 5.23. The Labute approximate surface area is 171 Å². The minimum absolute atomic E-state index is 0.00802. The summed E-state index contributed by atoms with van der Waals surface area (Å²) >= 11 is 0. The van der Waals surface area contributed by atoms with Gasteiger partial charge < -0.3 is 14.5 Å². The lowest BCUT2D eigenvalue weighted by atomic mass is 10.3. The number of hydrogen-bond donors (Lipinski definition) is 0. The molecule has 0 unspecified atom stereocenters. The number of rotatable bonds is 5. The van der Waals surface area contributed by atoms with E-state index in [0.717, 1.165) is 0 Å². The van der Waals surface area contributed by atoms with Gasteiger partial charge in [0, 0.05) is 52.4 Å². The van der Waals surface area contributed by atoms with Crippen LogP contribution >= 0.6 is 0 Å². The second-order valence-electron chi connectivity index (χ2n) is 7.06. The molecule has 1 aromatic rings. The van der Waals surface area contributed by atoms with E-state index in [0.29, 0.717) is 59.0 Å². The Kier molecular flexibility index (Phi) is 7.09. The lowest BCUT2D eigenvalue weighted by molar-refractivity contribution is -0.134. The molecule has 0 bridgehead atoms. The van der Waals surface area contributed by atoms with Crippen molar-refractivity contribution >= 4 is 22.0 Å². The van der Waals surface area contributed by atoms with Gasteiger partial charge in [0.2, 0.25) is 15.9 Å².